The van der Waals surface area contributed by atoms with Crippen LogP contribution >= 0.6 is 0 Å². The highest BCUT2D eigenvalue weighted by Gasteiger charge is 2.23. The lowest BCUT2D eigenvalue weighted by Gasteiger charge is -2.33. The first-order valence-electron chi connectivity index (χ1n) is 8.82. The number of benzene rings is 1. The van der Waals surface area contributed by atoms with Crippen LogP contribution in [-0.4, -0.2) is 28.6 Å². The summed E-state index contributed by atoms with van der Waals surface area (Å²) in [5.41, 5.74) is 1.01. The first-order valence-corrected chi connectivity index (χ1v) is 8.82. The minimum absolute atomic E-state index is 0.110. The number of carbonyl (C=O) groups excluding carboxylic acids is 1. The molecule has 0 atom stereocenters. The van der Waals surface area contributed by atoms with Crippen LogP contribution in [0.5, 0.6) is 0 Å². The topological polar surface area (TPSA) is 58.4 Å². The summed E-state index contributed by atoms with van der Waals surface area (Å²) >= 11 is 0. The van der Waals surface area contributed by atoms with E-state index in [1.807, 2.05) is 0 Å². The average Bonchev–Trinajstić information content (AvgIpc) is 3.01. The van der Waals surface area contributed by atoms with Crippen molar-refractivity contribution >= 4 is 11.7 Å². The second-order valence-corrected chi connectivity index (χ2v) is 6.69. The maximum Gasteiger partial charge on any atom is 0.239 e. The standard InChI is InChI=1S/C19H24FN3O2/c1-14-11-18(22-25-14)21-19(24)13-23(17-5-3-2-4-6-17)12-15-7-9-16(20)10-8-15/h7-11,17H,2-6,12-13H2,1H3,(H,21,22,24). The van der Waals surface area contributed by atoms with E-state index in [9.17, 15) is 9.18 Å². The summed E-state index contributed by atoms with van der Waals surface area (Å²) in [6.07, 6.45) is 5.82. The number of rotatable bonds is 6. The molecule has 3 rings (SSSR count). The van der Waals surface area contributed by atoms with E-state index in [4.69, 9.17) is 4.52 Å². The molecule has 0 bridgehead atoms. The Hall–Kier alpha value is -2.21. The van der Waals surface area contributed by atoms with Gasteiger partial charge in [0.15, 0.2) is 5.82 Å². The second kappa shape index (κ2) is 8.25. The van der Waals surface area contributed by atoms with E-state index in [-0.39, 0.29) is 18.3 Å². The van der Waals surface area contributed by atoms with Gasteiger partial charge in [-0.2, -0.15) is 0 Å². The van der Waals surface area contributed by atoms with Gasteiger partial charge in [0, 0.05) is 18.7 Å². The van der Waals surface area contributed by atoms with Crippen molar-refractivity contribution in [2.24, 2.45) is 0 Å². The number of aryl methyl sites for hydroxylation is 1. The summed E-state index contributed by atoms with van der Waals surface area (Å²) in [5.74, 6) is 0.742. The molecular formula is C19H24FN3O2. The molecule has 1 aliphatic rings. The molecule has 1 N–H and O–H groups in total. The molecule has 0 aliphatic heterocycles. The molecule has 0 spiro atoms. The van der Waals surface area contributed by atoms with Crippen LogP contribution in [0, 0.1) is 12.7 Å². The third-order valence-electron chi connectivity index (χ3n) is 4.63. The molecule has 25 heavy (non-hydrogen) atoms. The molecule has 134 valence electrons. The third kappa shape index (κ3) is 5.13. The summed E-state index contributed by atoms with van der Waals surface area (Å²) in [5, 5.41) is 6.58. The summed E-state index contributed by atoms with van der Waals surface area (Å²) in [6, 6.07) is 8.57. The van der Waals surface area contributed by atoms with Gasteiger partial charge in [-0.25, -0.2) is 4.39 Å². The largest absolute Gasteiger partial charge is 0.360 e. The molecule has 0 unspecified atom stereocenters. The molecule has 5 nitrogen and oxygen atoms in total. The highest BCUT2D eigenvalue weighted by Crippen LogP contribution is 2.24. The van der Waals surface area contributed by atoms with Crippen LogP contribution in [0.2, 0.25) is 0 Å². The number of amides is 1. The Morgan fingerprint density at radius 3 is 2.64 bits per heavy atom. The summed E-state index contributed by atoms with van der Waals surface area (Å²) in [4.78, 5) is 14.6. The van der Waals surface area contributed by atoms with E-state index in [2.05, 4.69) is 15.4 Å². The van der Waals surface area contributed by atoms with Gasteiger partial charge in [-0.1, -0.05) is 36.6 Å². The molecular weight excluding hydrogens is 321 g/mol. The number of nitrogens with zero attached hydrogens (tertiary/aromatic N) is 2. The molecule has 0 saturated heterocycles. The summed E-state index contributed by atoms with van der Waals surface area (Å²) in [7, 11) is 0. The van der Waals surface area contributed by atoms with Gasteiger partial charge in [0.05, 0.1) is 6.54 Å². The quantitative estimate of drug-likeness (QED) is 0.863. The molecule has 1 saturated carbocycles. The average molecular weight is 345 g/mol. The van der Waals surface area contributed by atoms with Crippen LogP contribution in [-0.2, 0) is 11.3 Å². The van der Waals surface area contributed by atoms with Crippen molar-refractivity contribution < 1.29 is 13.7 Å². The van der Waals surface area contributed by atoms with E-state index >= 15 is 0 Å². The van der Waals surface area contributed by atoms with Crippen LogP contribution < -0.4 is 5.32 Å². The smallest absolute Gasteiger partial charge is 0.239 e. The molecule has 1 amide bonds. The van der Waals surface area contributed by atoms with Crippen molar-refractivity contribution in [3.63, 3.8) is 0 Å². The van der Waals surface area contributed by atoms with Crippen LogP contribution in [0.1, 0.15) is 43.4 Å². The van der Waals surface area contributed by atoms with E-state index in [1.54, 1.807) is 25.1 Å². The Labute approximate surface area is 147 Å². The number of nitrogens with one attached hydrogen (secondary N) is 1. The van der Waals surface area contributed by atoms with Crippen molar-refractivity contribution in [3.05, 3.63) is 47.5 Å². The molecule has 1 aromatic carbocycles. The number of hydrogen-bond acceptors (Lipinski definition) is 4. The molecule has 0 radical (unpaired) electrons. The minimum Gasteiger partial charge on any atom is -0.360 e. The van der Waals surface area contributed by atoms with Gasteiger partial charge in [-0.15, -0.1) is 0 Å². The highest BCUT2D eigenvalue weighted by molar-refractivity contribution is 5.91. The molecule has 1 aliphatic carbocycles. The van der Waals surface area contributed by atoms with Crippen molar-refractivity contribution in [3.8, 4) is 0 Å². The van der Waals surface area contributed by atoms with Crippen molar-refractivity contribution in [1.82, 2.24) is 10.1 Å². The molecule has 1 aromatic heterocycles. The number of hydrogen-bond donors (Lipinski definition) is 1. The Kier molecular flexibility index (Phi) is 5.81. The number of halogens is 1. The normalized spacial score (nSPS) is 15.5. The summed E-state index contributed by atoms with van der Waals surface area (Å²) in [6.45, 7) is 2.70. The van der Waals surface area contributed by atoms with Gasteiger partial charge in [-0.3, -0.25) is 9.69 Å². The van der Waals surface area contributed by atoms with E-state index in [1.165, 1.54) is 31.4 Å². The molecule has 1 heterocycles. The lowest BCUT2D eigenvalue weighted by molar-refractivity contribution is -0.118. The van der Waals surface area contributed by atoms with Crippen LogP contribution in [0.4, 0.5) is 10.2 Å². The Morgan fingerprint density at radius 2 is 2.00 bits per heavy atom. The second-order valence-electron chi connectivity index (χ2n) is 6.69. The van der Waals surface area contributed by atoms with Gasteiger partial charge in [0.25, 0.3) is 0 Å². The fraction of sp³-hybridized carbons (Fsp3) is 0.474. The zero-order valence-corrected chi connectivity index (χ0v) is 14.5. The van der Waals surface area contributed by atoms with Crippen LogP contribution in [0.3, 0.4) is 0 Å². The maximum absolute atomic E-state index is 13.1. The van der Waals surface area contributed by atoms with Crippen molar-refractivity contribution in [1.29, 1.82) is 0 Å². The van der Waals surface area contributed by atoms with Gasteiger partial charge in [0.1, 0.15) is 11.6 Å². The molecule has 2 aromatic rings. The molecule has 6 heteroatoms. The van der Waals surface area contributed by atoms with E-state index < -0.39 is 0 Å². The fourth-order valence-electron chi connectivity index (χ4n) is 3.38. The highest BCUT2D eigenvalue weighted by atomic mass is 19.1. The summed E-state index contributed by atoms with van der Waals surface area (Å²) < 4.78 is 18.1. The Morgan fingerprint density at radius 1 is 1.28 bits per heavy atom. The zero-order valence-electron chi connectivity index (χ0n) is 14.5. The lowest BCUT2D eigenvalue weighted by atomic mass is 9.93. The predicted octanol–water partition coefficient (Wildman–Crippen LogP) is 3.90. The zero-order chi connectivity index (χ0) is 17.6. The van der Waals surface area contributed by atoms with Crippen molar-refractivity contribution in [2.75, 3.05) is 11.9 Å². The fourth-order valence-corrected chi connectivity index (χ4v) is 3.38. The predicted molar refractivity (Wildman–Crippen MR) is 93.6 cm³/mol. The Bertz CT molecular complexity index is 693. The van der Waals surface area contributed by atoms with E-state index in [0.717, 1.165) is 18.4 Å². The van der Waals surface area contributed by atoms with Gasteiger partial charge in [0.2, 0.25) is 5.91 Å². The molecule has 1 fully saturated rings. The van der Waals surface area contributed by atoms with Crippen LogP contribution in [0.25, 0.3) is 0 Å². The van der Waals surface area contributed by atoms with Crippen LogP contribution in [0.15, 0.2) is 34.9 Å². The van der Waals surface area contributed by atoms with Gasteiger partial charge < -0.3 is 9.84 Å². The number of carbonyl (C=O) groups is 1. The van der Waals surface area contributed by atoms with E-state index in [0.29, 0.717) is 24.2 Å². The lowest BCUT2D eigenvalue weighted by Crippen LogP contribution is -2.41. The number of aromatic nitrogens is 1. The van der Waals surface area contributed by atoms with Gasteiger partial charge >= 0.3 is 0 Å². The number of anilines is 1. The minimum atomic E-state index is -0.243. The van der Waals surface area contributed by atoms with Gasteiger partial charge in [-0.05, 0) is 37.5 Å². The first kappa shape index (κ1) is 17.6. The SMILES string of the molecule is Cc1cc(NC(=O)CN(Cc2ccc(F)cc2)C2CCCCC2)no1. The monoisotopic (exact) mass is 345 g/mol. The first-order chi connectivity index (χ1) is 12.1. The van der Waals surface area contributed by atoms with Crippen molar-refractivity contribution in [2.45, 2.75) is 51.6 Å². The Balaban J connectivity index is 1.66. The third-order valence-corrected chi connectivity index (χ3v) is 4.63. The maximum atomic E-state index is 13.1.